The summed E-state index contributed by atoms with van der Waals surface area (Å²) in [6.45, 7) is 3.22. The van der Waals surface area contributed by atoms with Crippen LogP contribution in [0.4, 0.5) is 0 Å². The molecule has 0 aromatic rings. The molecule has 1 N–H and O–H groups in total. The molecule has 0 aliphatic carbocycles. The SMILES string of the molecule is CC1CC2OCCCC2N1. The van der Waals surface area contributed by atoms with Gasteiger partial charge in [-0.25, -0.2) is 0 Å². The molecule has 0 radical (unpaired) electrons. The van der Waals surface area contributed by atoms with Crippen molar-refractivity contribution in [3.63, 3.8) is 0 Å². The largest absolute Gasteiger partial charge is 0.377 e. The average molecular weight is 141 g/mol. The van der Waals surface area contributed by atoms with Gasteiger partial charge in [0.15, 0.2) is 0 Å². The minimum absolute atomic E-state index is 0.531. The Hall–Kier alpha value is -0.0800. The third-order valence-electron chi connectivity index (χ3n) is 2.52. The molecule has 2 saturated heterocycles. The molecule has 0 aromatic carbocycles. The van der Waals surface area contributed by atoms with Crippen molar-refractivity contribution in [2.45, 2.75) is 44.4 Å². The van der Waals surface area contributed by atoms with E-state index < -0.39 is 0 Å². The topological polar surface area (TPSA) is 21.3 Å². The first-order valence-corrected chi connectivity index (χ1v) is 4.24. The molecular weight excluding hydrogens is 126 g/mol. The summed E-state index contributed by atoms with van der Waals surface area (Å²) in [5.74, 6) is 0. The van der Waals surface area contributed by atoms with Gasteiger partial charge in [-0.05, 0) is 26.2 Å². The van der Waals surface area contributed by atoms with Gasteiger partial charge in [-0.1, -0.05) is 0 Å². The molecular formula is C8H15NO. The van der Waals surface area contributed by atoms with E-state index in [0.29, 0.717) is 18.2 Å². The van der Waals surface area contributed by atoms with Gasteiger partial charge in [-0.2, -0.15) is 0 Å². The summed E-state index contributed by atoms with van der Waals surface area (Å²) in [4.78, 5) is 0. The van der Waals surface area contributed by atoms with Gasteiger partial charge in [-0.15, -0.1) is 0 Å². The predicted octanol–water partition coefficient (Wildman–Crippen LogP) is 0.916. The molecule has 10 heavy (non-hydrogen) atoms. The third-order valence-corrected chi connectivity index (χ3v) is 2.52. The highest BCUT2D eigenvalue weighted by Crippen LogP contribution is 2.23. The lowest BCUT2D eigenvalue weighted by atomic mass is 10.0. The van der Waals surface area contributed by atoms with Crippen molar-refractivity contribution >= 4 is 0 Å². The third kappa shape index (κ3) is 1.06. The first-order valence-electron chi connectivity index (χ1n) is 4.24. The molecule has 2 nitrogen and oxygen atoms in total. The number of hydrogen-bond acceptors (Lipinski definition) is 2. The number of ether oxygens (including phenoxy) is 1. The summed E-state index contributed by atoms with van der Waals surface area (Å²) in [7, 11) is 0. The van der Waals surface area contributed by atoms with E-state index in [1.54, 1.807) is 0 Å². The minimum atomic E-state index is 0.531. The standard InChI is InChI=1S/C8H15NO/c1-6-5-8-7(9-6)3-2-4-10-8/h6-9H,2-5H2,1H3. The first-order chi connectivity index (χ1) is 4.86. The van der Waals surface area contributed by atoms with E-state index in [1.807, 2.05) is 0 Å². The molecule has 58 valence electrons. The fraction of sp³-hybridized carbons (Fsp3) is 1.00. The molecule has 0 spiro atoms. The second-order valence-electron chi connectivity index (χ2n) is 3.46. The molecule has 2 rings (SSSR count). The minimum Gasteiger partial charge on any atom is -0.377 e. The Kier molecular flexibility index (Phi) is 1.66. The van der Waals surface area contributed by atoms with Gasteiger partial charge in [0.25, 0.3) is 0 Å². The lowest BCUT2D eigenvalue weighted by Gasteiger charge is -2.24. The summed E-state index contributed by atoms with van der Waals surface area (Å²) in [5, 5.41) is 3.53. The average Bonchev–Trinajstić information content (AvgIpc) is 2.27. The molecule has 3 unspecified atom stereocenters. The Morgan fingerprint density at radius 3 is 3.20 bits per heavy atom. The molecule has 3 atom stereocenters. The van der Waals surface area contributed by atoms with Crippen LogP contribution in [0.1, 0.15) is 26.2 Å². The van der Waals surface area contributed by atoms with Crippen molar-refractivity contribution in [1.29, 1.82) is 0 Å². The maximum Gasteiger partial charge on any atom is 0.0742 e. The van der Waals surface area contributed by atoms with Crippen LogP contribution >= 0.6 is 0 Å². The van der Waals surface area contributed by atoms with E-state index in [2.05, 4.69) is 12.2 Å². The van der Waals surface area contributed by atoms with Gasteiger partial charge < -0.3 is 10.1 Å². The van der Waals surface area contributed by atoms with Crippen LogP contribution in [0.2, 0.25) is 0 Å². The lowest BCUT2D eigenvalue weighted by molar-refractivity contribution is 0.0110. The van der Waals surface area contributed by atoms with Crippen LogP contribution in [0.15, 0.2) is 0 Å². The number of fused-ring (bicyclic) bond motifs is 1. The smallest absolute Gasteiger partial charge is 0.0742 e. The Balaban J connectivity index is 1.97. The monoisotopic (exact) mass is 141 g/mol. The summed E-state index contributed by atoms with van der Waals surface area (Å²) in [6.07, 6.45) is 4.30. The van der Waals surface area contributed by atoms with Crippen molar-refractivity contribution in [1.82, 2.24) is 5.32 Å². The van der Waals surface area contributed by atoms with Crippen molar-refractivity contribution in [3.8, 4) is 0 Å². The van der Waals surface area contributed by atoms with E-state index in [1.165, 1.54) is 19.3 Å². The van der Waals surface area contributed by atoms with Gasteiger partial charge in [0, 0.05) is 18.7 Å². The summed E-state index contributed by atoms with van der Waals surface area (Å²) >= 11 is 0. The molecule has 0 amide bonds. The number of nitrogens with one attached hydrogen (secondary N) is 1. The second kappa shape index (κ2) is 2.51. The van der Waals surface area contributed by atoms with E-state index in [0.717, 1.165) is 6.61 Å². The molecule has 2 heteroatoms. The van der Waals surface area contributed by atoms with Crippen LogP contribution in [-0.2, 0) is 4.74 Å². The number of hydrogen-bond donors (Lipinski definition) is 1. The molecule has 0 bridgehead atoms. The maximum absolute atomic E-state index is 5.61. The van der Waals surface area contributed by atoms with Crippen LogP contribution < -0.4 is 5.32 Å². The zero-order valence-corrected chi connectivity index (χ0v) is 6.47. The zero-order valence-electron chi connectivity index (χ0n) is 6.47. The molecule has 2 aliphatic heterocycles. The molecule has 0 aromatic heterocycles. The van der Waals surface area contributed by atoms with Crippen LogP contribution in [0.25, 0.3) is 0 Å². The van der Waals surface area contributed by atoms with Crippen LogP contribution in [-0.4, -0.2) is 24.8 Å². The Labute approximate surface area is 61.9 Å². The fourth-order valence-corrected chi connectivity index (χ4v) is 2.04. The lowest BCUT2D eigenvalue weighted by Crippen LogP contribution is -2.37. The quantitative estimate of drug-likeness (QED) is 0.541. The zero-order chi connectivity index (χ0) is 6.97. The summed E-state index contributed by atoms with van der Waals surface area (Å²) < 4.78 is 5.61. The van der Waals surface area contributed by atoms with Crippen molar-refractivity contribution in [2.75, 3.05) is 6.61 Å². The molecule has 2 heterocycles. The number of rotatable bonds is 0. The van der Waals surface area contributed by atoms with Gasteiger partial charge in [0.05, 0.1) is 6.10 Å². The highest BCUT2D eigenvalue weighted by molar-refractivity contribution is 4.91. The van der Waals surface area contributed by atoms with Gasteiger partial charge in [0.1, 0.15) is 0 Å². The maximum atomic E-state index is 5.61. The highest BCUT2D eigenvalue weighted by atomic mass is 16.5. The Morgan fingerprint density at radius 1 is 1.50 bits per heavy atom. The highest BCUT2D eigenvalue weighted by Gasteiger charge is 2.33. The predicted molar refractivity (Wildman–Crippen MR) is 40.0 cm³/mol. The van der Waals surface area contributed by atoms with Crippen molar-refractivity contribution < 1.29 is 4.74 Å². The first kappa shape index (κ1) is 6.62. The van der Waals surface area contributed by atoms with E-state index in [9.17, 15) is 0 Å². The summed E-state index contributed by atoms with van der Waals surface area (Å²) in [5.41, 5.74) is 0. The molecule has 2 aliphatic rings. The van der Waals surface area contributed by atoms with Crippen molar-refractivity contribution in [3.05, 3.63) is 0 Å². The van der Waals surface area contributed by atoms with E-state index in [4.69, 9.17) is 4.74 Å². The van der Waals surface area contributed by atoms with Gasteiger partial charge in [0.2, 0.25) is 0 Å². The normalized spacial score (nSPS) is 47.1. The van der Waals surface area contributed by atoms with E-state index in [-0.39, 0.29) is 0 Å². The van der Waals surface area contributed by atoms with Crippen molar-refractivity contribution in [2.24, 2.45) is 0 Å². The summed E-state index contributed by atoms with van der Waals surface area (Å²) in [6, 6.07) is 1.34. The van der Waals surface area contributed by atoms with E-state index >= 15 is 0 Å². The molecule has 2 fully saturated rings. The van der Waals surface area contributed by atoms with Gasteiger partial charge >= 0.3 is 0 Å². The Bertz CT molecular complexity index is 112. The molecule has 0 saturated carbocycles. The van der Waals surface area contributed by atoms with Crippen LogP contribution in [0.5, 0.6) is 0 Å². The van der Waals surface area contributed by atoms with Crippen LogP contribution in [0, 0.1) is 0 Å². The second-order valence-corrected chi connectivity index (χ2v) is 3.46. The Morgan fingerprint density at radius 2 is 2.40 bits per heavy atom. The fourth-order valence-electron chi connectivity index (χ4n) is 2.04. The van der Waals surface area contributed by atoms with Crippen LogP contribution in [0.3, 0.4) is 0 Å². The van der Waals surface area contributed by atoms with Gasteiger partial charge in [-0.3, -0.25) is 0 Å².